The zero-order chi connectivity index (χ0) is 20.7. The number of methoxy groups -OCH3 is 2. The van der Waals surface area contributed by atoms with Crippen molar-refractivity contribution in [3.63, 3.8) is 0 Å². The minimum absolute atomic E-state index is 0.127. The van der Waals surface area contributed by atoms with E-state index in [1.165, 1.54) is 34.1 Å². The van der Waals surface area contributed by atoms with Crippen LogP contribution in [0.3, 0.4) is 0 Å². The highest BCUT2D eigenvalue weighted by Crippen LogP contribution is 2.29. The molecular weight excluding hydrogens is 364 g/mol. The van der Waals surface area contributed by atoms with Gasteiger partial charge in [-0.15, -0.1) is 0 Å². The van der Waals surface area contributed by atoms with E-state index >= 15 is 0 Å². The van der Waals surface area contributed by atoms with Crippen LogP contribution in [-0.4, -0.2) is 31.9 Å². The molecule has 28 heavy (non-hydrogen) atoms. The Bertz CT molecular complexity index is 886. The first-order valence-corrected chi connectivity index (χ1v) is 8.59. The summed E-state index contributed by atoms with van der Waals surface area (Å²) in [6.07, 6.45) is 0.501. The molecule has 0 aliphatic rings. The summed E-state index contributed by atoms with van der Waals surface area (Å²) < 4.78 is 20.6. The van der Waals surface area contributed by atoms with Crippen LogP contribution in [-0.2, 0) is 16.0 Å². The van der Waals surface area contributed by atoms with Gasteiger partial charge >= 0.3 is 11.9 Å². The monoisotopic (exact) mass is 386 g/mol. The summed E-state index contributed by atoms with van der Waals surface area (Å²) in [6.45, 7) is 2.55. The van der Waals surface area contributed by atoms with Crippen molar-refractivity contribution in [3.05, 3.63) is 47.5 Å². The van der Waals surface area contributed by atoms with Crippen LogP contribution in [0.2, 0.25) is 0 Å². The van der Waals surface area contributed by atoms with E-state index in [1.54, 1.807) is 30.3 Å². The van der Waals surface area contributed by atoms with E-state index in [4.69, 9.17) is 18.9 Å². The Morgan fingerprint density at radius 2 is 1.43 bits per heavy atom. The van der Waals surface area contributed by atoms with Gasteiger partial charge in [0.1, 0.15) is 23.0 Å². The van der Waals surface area contributed by atoms with Crippen molar-refractivity contribution in [1.82, 2.24) is 0 Å². The van der Waals surface area contributed by atoms with E-state index in [2.05, 4.69) is 0 Å². The predicted molar refractivity (Wildman–Crippen MR) is 101 cm³/mol. The second kappa shape index (κ2) is 9.55. The first-order valence-electron chi connectivity index (χ1n) is 8.59. The van der Waals surface area contributed by atoms with Crippen LogP contribution < -0.4 is 18.9 Å². The zero-order valence-electron chi connectivity index (χ0n) is 16.2. The summed E-state index contributed by atoms with van der Waals surface area (Å²) in [5.41, 5.74) is 1.08. The van der Waals surface area contributed by atoms with E-state index < -0.39 is 11.9 Å². The quantitative estimate of drug-likeness (QED) is 0.390. The van der Waals surface area contributed by atoms with Crippen molar-refractivity contribution in [1.29, 1.82) is 0 Å². The van der Waals surface area contributed by atoms with Crippen LogP contribution in [0.25, 0.3) is 0 Å². The van der Waals surface area contributed by atoms with Crippen LogP contribution in [0.15, 0.2) is 36.4 Å². The molecular formula is C21H22O7. The molecule has 0 aliphatic heterocycles. The van der Waals surface area contributed by atoms with Gasteiger partial charge in [0.2, 0.25) is 0 Å². The van der Waals surface area contributed by atoms with Gasteiger partial charge in [-0.2, -0.15) is 0 Å². The number of ether oxygens (including phenoxy) is 4. The number of carbonyl (C=O) groups excluding carboxylic acids is 3. The smallest absolute Gasteiger partial charge is 0.308 e. The first kappa shape index (κ1) is 21.0. The number of esters is 2. The number of carbonyl (C=O) groups is 3. The largest absolute Gasteiger partial charge is 0.497 e. The molecule has 7 heteroatoms. The van der Waals surface area contributed by atoms with Gasteiger partial charge in [0, 0.05) is 32.4 Å². The number of ketones is 1. The van der Waals surface area contributed by atoms with Gasteiger partial charge in [-0.25, -0.2) is 0 Å². The predicted octanol–water partition coefficient (Wildman–Crippen LogP) is 3.37. The Labute approximate surface area is 163 Å². The Hall–Kier alpha value is -3.35. The lowest BCUT2D eigenvalue weighted by Crippen LogP contribution is -2.08. The third kappa shape index (κ3) is 5.57. The molecule has 0 amide bonds. The van der Waals surface area contributed by atoms with Crippen LogP contribution >= 0.6 is 0 Å². The van der Waals surface area contributed by atoms with E-state index in [1.807, 2.05) is 0 Å². The van der Waals surface area contributed by atoms with Gasteiger partial charge in [0.05, 0.1) is 19.8 Å². The van der Waals surface area contributed by atoms with E-state index in [-0.39, 0.29) is 23.7 Å². The second-order valence-corrected chi connectivity index (χ2v) is 5.95. The van der Waals surface area contributed by atoms with Crippen LogP contribution in [0.4, 0.5) is 0 Å². The molecule has 0 saturated heterocycles. The molecule has 7 nitrogen and oxygen atoms in total. The number of benzene rings is 2. The van der Waals surface area contributed by atoms with Gasteiger partial charge in [0.25, 0.3) is 0 Å². The molecule has 148 valence electrons. The summed E-state index contributed by atoms with van der Waals surface area (Å²) in [5.74, 6) is 0.405. The summed E-state index contributed by atoms with van der Waals surface area (Å²) in [4.78, 5) is 35.1. The van der Waals surface area contributed by atoms with Crippen molar-refractivity contribution in [2.75, 3.05) is 14.2 Å². The molecule has 2 aromatic rings. The second-order valence-electron chi connectivity index (χ2n) is 5.95. The van der Waals surface area contributed by atoms with Crippen molar-refractivity contribution >= 4 is 17.7 Å². The van der Waals surface area contributed by atoms with Gasteiger partial charge < -0.3 is 18.9 Å². The highest BCUT2D eigenvalue weighted by atomic mass is 16.5. The Morgan fingerprint density at radius 1 is 0.786 bits per heavy atom. The zero-order valence-corrected chi connectivity index (χ0v) is 16.2. The minimum atomic E-state index is -0.510. The van der Waals surface area contributed by atoms with Crippen LogP contribution in [0.5, 0.6) is 23.0 Å². The average molecular weight is 386 g/mol. The molecule has 0 N–H and O–H groups in total. The van der Waals surface area contributed by atoms with Crippen LogP contribution in [0.1, 0.15) is 36.2 Å². The van der Waals surface area contributed by atoms with Gasteiger partial charge in [0.15, 0.2) is 5.78 Å². The Kier molecular flexibility index (Phi) is 7.14. The maximum atomic E-state index is 12.6. The lowest BCUT2D eigenvalue weighted by molar-refractivity contribution is -0.132. The highest BCUT2D eigenvalue weighted by molar-refractivity contribution is 5.99. The number of Topliss-reactive ketones (excluding diaryl/α,β-unsaturated/α-hetero) is 1. The molecule has 2 rings (SSSR count). The first-order chi connectivity index (χ1) is 13.3. The van der Waals surface area contributed by atoms with Crippen molar-refractivity contribution < 1.29 is 33.3 Å². The molecule has 0 atom stereocenters. The fourth-order valence-corrected chi connectivity index (χ4v) is 2.63. The molecule has 0 heterocycles. The Balaban J connectivity index is 2.19. The molecule has 0 spiro atoms. The number of aryl methyl sites for hydroxylation is 1. The fourth-order valence-electron chi connectivity index (χ4n) is 2.63. The van der Waals surface area contributed by atoms with E-state index in [9.17, 15) is 14.4 Å². The summed E-state index contributed by atoms with van der Waals surface area (Å²) in [5, 5.41) is 0. The van der Waals surface area contributed by atoms with Gasteiger partial charge in [-0.1, -0.05) is 6.07 Å². The molecule has 2 aromatic carbocycles. The van der Waals surface area contributed by atoms with E-state index in [0.29, 0.717) is 29.0 Å². The third-order valence-electron chi connectivity index (χ3n) is 3.88. The van der Waals surface area contributed by atoms with E-state index in [0.717, 1.165) is 0 Å². The molecule has 0 aliphatic carbocycles. The summed E-state index contributed by atoms with van der Waals surface area (Å²) >= 11 is 0. The number of rotatable bonds is 8. The molecule has 0 radical (unpaired) electrons. The molecule has 0 fully saturated rings. The maximum absolute atomic E-state index is 12.6. The molecule has 0 aromatic heterocycles. The average Bonchev–Trinajstić information content (AvgIpc) is 2.65. The SMILES string of the molecule is COc1ccc(C(=O)CCc2ccc(OC(C)=O)cc2OC(C)=O)c(OC)c1. The number of hydrogen-bond donors (Lipinski definition) is 0. The molecule has 0 unspecified atom stereocenters. The van der Waals surface area contributed by atoms with Crippen molar-refractivity contribution in [2.24, 2.45) is 0 Å². The highest BCUT2D eigenvalue weighted by Gasteiger charge is 2.16. The minimum Gasteiger partial charge on any atom is -0.497 e. The third-order valence-corrected chi connectivity index (χ3v) is 3.88. The number of hydrogen-bond acceptors (Lipinski definition) is 7. The van der Waals surface area contributed by atoms with Crippen molar-refractivity contribution in [2.45, 2.75) is 26.7 Å². The molecule has 0 saturated carbocycles. The maximum Gasteiger partial charge on any atom is 0.308 e. The fraction of sp³-hybridized carbons (Fsp3) is 0.286. The van der Waals surface area contributed by atoms with Gasteiger partial charge in [-0.05, 0) is 30.2 Å². The molecule has 0 bridgehead atoms. The van der Waals surface area contributed by atoms with Gasteiger partial charge in [-0.3, -0.25) is 14.4 Å². The van der Waals surface area contributed by atoms with Crippen molar-refractivity contribution in [3.8, 4) is 23.0 Å². The Morgan fingerprint density at radius 3 is 2.04 bits per heavy atom. The normalized spacial score (nSPS) is 10.1. The lowest BCUT2D eigenvalue weighted by Gasteiger charge is -2.12. The van der Waals surface area contributed by atoms with Crippen LogP contribution in [0, 0.1) is 0 Å². The summed E-state index contributed by atoms with van der Waals surface area (Å²) in [6, 6.07) is 9.68. The standard InChI is InChI=1S/C21H22O7/c1-13(22)27-17-7-5-15(20(12-17)28-14(2)23)6-10-19(24)18-9-8-16(25-3)11-21(18)26-4/h5,7-9,11-12H,6,10H2,1-4H3. The topological polar surface area (TPSA) is 88.1 Å². The lowest BCUT2D eigenvalue weighted by atomic mass is 10.0. The summed E-state index contributed by atoms with van der Waals surface area (Å²) in [7, 11) is 3.02.